The maximum atomic E-state index is 12.2. The minimum absolute atomic E-state index is 0.116. The smallest absolute Gasteiger partial charge is 0.305 e. The van der Waals surface area contributed by atoms with Crippen molar-refractivity contribution < 1.29 is 14.1 Å². The number of benzene rings is 1. The zero-order chi connectivity index (χ0) is 13.3. The normalized spacial score (nSPS) is 20.6. The minimum atomic E-state index is -2.25. The van der Waals surface area contributed by atoms with Gasteiger partial charge in [0.05, 0.1) is 6.61 Å². The van der Waals surface area contributed by atoms with Crippen LogP contribution in [0.15, 0.2) is 18.2 Å². The van der Waals surface area contributed by atoms with E-state index in [1.54, 1.807) is 13.3 Å². The fourth-order valence-electron chi connectivity index (χ4n) is 2.36. The fraction of sp³-hybridized carbons (Fsp3) is 0.500. The maximum absolute atomic E-state index is 12.2. The molecule has 0 radical (unpaired) electrons. The molecule has 18 heavy (non-hydrogen) atoms. The number of hydrogen-bond acceptors (Lipinski definition) is 3. The van der Waals surface area contributed by atoms with E-state index in [1.807, 2.05) is 19.1 Å². The van der Waals surface area contributed by atoms with Crippen LogP contribution in [0.2, 0.25) is 0 Å². The predicted octanol–water partition coefficient (Wildman–Crippen LogP) is 2.66. The third-order valence-electron chi connectivity index (χ3n) is 3.43. The molecular formula is C14H19O3P. The van der Waals surface area contributed by atoms with E-state index < -0.39 is 7.14 Å². The standard InChI is InChI=1S/C14H19O3P/c1-10-4-5-11(8-13(10)18(2,3)16)12-6-7-14(15)17-9-12/h4-5,8,12H,6-7,9H2,1-3H3. The number of carbonyl (C=O) groups is 1. The summed E-state index contributed by atoms with van der Waals surface area (Å²) in [5.74, 6) is 0.129. The Hall–Kier alpha value is -1.08. The van der Waals surface area contributed by atoms with Crippen molar-refractivity contribution in [2.45, 2.75) is 25.7 Å². The maximum Gasteiger partial charge on any atom is 0.305 e. The van der Waals surface area contributed by atoms with Crippen molar-refractivity contribution in [1.82, 2.24) is 0 Å². The van der Waals surface area contributed by atoms with Crippen molar-refractivity contribution in [3.05, 3.63) is 29.3 Å². The van der Waals surface area contributed by atoms with Crippen molar-refractivity contribution in [3.63, 3.8) is 0 Å². The van der Waals surface area contributed by atoms with Crippen LogP contribution in [0.25, 0.3) is 0 Å². The number of cyclic esters (lactones) is 1. The second-order valence-electron chi connectivity index (χ2n) is 5.32. The van der Waals surface area contributed by atoms with Gasteiger partial charge in [-0.05, 0) is 43.9 Å². The first-order chi connectivity index (χ1) is 8.38. The molecule has 1 fully saturated rings. The van der Waals surface area contributed by atoms with E-state index in [9.17, 15) is 9.36 Å². The molecule has 4 heteroatoms. The molecule has 1 aromatic rings. The third-order valence-corrected chi connectivity index (χ3v) is 5.07. The molecule has 0 saturated carbocycles. The highest BCUT2D eigenvalue weighted by molar-refractivity contribution is 7.70. The molecule has 0 spiro atoms. The summed E-state index contributed by atoms with van der Waals surface area (Å²) < 4.78 is 17.3. The minimum Gasteiger partial charge on any atom is -0.465 e. The molecule has 0 aromatic heterocycles. The Morgan fingerprint density at radius 1 is 1.33 bits per heavy atom. The van der Waals surface area contributed by atoms with Crippen molar-refractivity contribution in [1.29, 1.82) is 0 Å². The quantitative estimate of drug-likeness (QED) is 0.610. The van der Waals surface area contributed by atoms with Crippen LogP contribution in [0.1, 0.15) is 29.9 Å². The van der Waals surface area contributed by atoms with Gasteiger partial charge in [0.25, 0.3) is 0 Å². The molecule has 3 nitrogen and oxygen atoms in total. The van der Waals surface area contributed by atoms with Gasteiger partial charge in [0, 0.05) is 17.6 Å². The number of carbonyl (C=O) groups excluding carboxylic acids is 1. The Kier molecular flexibility index (Phi) is 3.63. The molecule has 1 aromatic carbocycles. The SMILES string of the molecule is Cc1ccc(C2CCC(=O)OC2)cc1P(C)(C)=O. The van der Waals surface area contributed by atoms with Gasteiger partial charge < -0.3 is 9.30 Å². The average molecular weight is 266 g/mol. The summed E-state index contributed by atoms with van der Waals surface area (Å²) in [7, 11) is -2.25. The molecule has 1 heterocycles. The lowest BCUT2D eigenvalue weighted by atomic mass is 9.93. The fourth-order valence-corrected chi connectivity index (χ4v) is 3.75. The second kappa shape index (κ2) is 4.89. The average Bonchev–Trinajstić information content (AvgIpc) is 2.29. The molecule has 0 bridgehead atoms. The van der Waals surface area contributed by atoms with Gasteiger partial charge in [-0.15, -0.1) is 0 Å². The largest absolute Gasteiger partial charge is 0.465 e. The Bertz CT molecular complexity index is 506. The van der Waals surface area contributed by atoms with Crippen LogP contribution in [0.5, 0.6) is 0 Å². The highest BCUT2D eigenvalue weighted by Gasteiger charge is 2.23. The summed E-state index contributed by atoms with van der Waals surface area (Å²) in [5.41, 5.74) is 2.20. The van der Waals surface area contributed by atoms with E-state index in [0.29, 0.717) is 13.0 Å². The Morgan fingerprint density at radius 3 is 2.61 bits per heavy atom. The number of esters is 1. The van der Waals surface area contributed by atoms with E-state index in [0.717, 1.165) is 22.9 Å². The van der Waals surface area contributed by atoms with Crippen molar-refractivity contribution >= 4 is 18.4 Å². The molecule has 2 rings (SSSR count). The Labute approximate surface area is 108 Å². The highest BCUT2D eigenvalue weighted by Crippen LogP contribution is 2.37. The van der Waals surface area contributed by atoms with Gasteiger partial charge >= 0.3 is 5.97 Å². The summed E-state index contributed by atoms with van der Waals surface area (Å²) in [6, 6.07) is 6.10. The van der Waals surface area contributed by atoms with Gasteiger partial charge in [0.15, 0.2) is 0 Å². The van der Waals surface area contributed by atoms with Crippen molar-refractivity contribution in [2.75, 3.05) is 19.9 Å². The van der Waals surface area contributed by atoms with Crippen molar-refractivity contribution in [3.8, 4) is 0 Å². The molecule has 1 atom stereocenters. The Morgan fingerprint density at radius 2 is 2.06 bits per heavy atom. The van der Waals surface area contributed by atoms with E-state index in [4.69, 9.17) is 4.74 Å². The van der Waals surface area contributed by atoms with Gasteiger partial charge in [-0.1, -0.05) is 12.1 Å². The van der Waals surface area contributed by atoms with Crippen molar-refractivity contribution in [2.24, 2.45) is 0 Å². The molecule has 1 unspecified atom stereocenters. The third kappa shape index (κ3) is 2.84. The van der Waals surface area contributed by atoms with Crippen LogP contribution in [-0.4, -0.2) is 25.9 Å². The van der Waals surface area contributed by atoms with Crippen LogP contribution in [0.3, 0.4) is 0 Å². The van der Waals surface area contributed by atoms with Crippen LogP contribution >= 0.6 is 7.14 Å². The lowest BCUT2D eigenvalue weighted by Crippen LogP contribution is -2.21. The second-order valence-corrected chi connectivity index (χ2v) is 8.50. The summed E-state index contributed by atoms with van der Waals surface area (Å²) in [4.78, 5) is 11.1. The van der Waals surface area contributed by atoms with Gasteiger partial charge in [-0.2, -0.15) is 0 Å². The number of hydrogen-bond donors (Lipinski definition) is 0. The molecular weight excluding hydrogens is 247 g/mol. The first-order valence-electron chi connectivity index (χ1n) is 6.19. The molecule has 1 aliphatic heterocycles. The van der Waals surface area contributed by atoms with Crippen LogP contribution in [0.4, 0.5) is 0 Å². The number of ether oxygens (including phenoxy) is 1. The van der Waals surface area contributed by atoms with E-state index >= 15 is 0 Å². The lowest BCUT2D eigenvalue weighted by molar-refractivity contribution is -0.147. The summed E-state index contributed by atoms with van der Waals surface area (Å²) in [5, 5.41) is 0.942. The zero-order valence-electron chi connectivity index (χ0n) is 11.1. The number of rotatable bonds is 2. The first-order valence-corrected chi connectivity index (χ1v) is 8.80. The van der Waals surface area contributed by atoms with Crippen LogP contribution < -0.4 is 5.30 Å². The molecule has 0 amide bonds. The van der Waals surface area contributed by atoms with Gasteiger partial charge in [-0.3, -0.25) is 4.79 Å². The number of aryl methyl sites for hydroxylation is 1. The van der Waals surface area contributed by atoms with Gasteiger partial charge in [0.1, 0.15) is 7.14 Å². The summed E-state index contributed by atoms with van der Waals surface area (Å²) in [6.07, 6.45) is 1.29. The van der Waals surface area contributed by atoms with E-state index in [2.05, 4.69) is 6.07 Å². The highest BCUT2D eigenvalue weighted by atomic mass is 31.2. The zero-order valence-corrected chi connectivity index (χ0v) is 12.0. The Balaban J connectivity index is 2.30. The summed E-state index contributed by atoms with van der Waals surface area (Å²) >= 11 is 0. The first kappa shape index (κ1) is 13.4. The van der Waals surface area contributed by atoms with Gasteiger partial charge in [0.2, 0.25) is 0 Å². The van der Waals surface area contributed by atoms with Crippen LogP contribution in [0, 0.1) is 6.92 Å². The van der Waals surface area contributed by atoms with E-state index in [-0.39, 0.29) is 11.9 Å². The molecule has 98 valence electrons. The topological polar surface area (TPSA) is 43.4 Å². The van der Waals surface area contributed by atoms with Gasteiger partial charge in [-0.25, -0.2) is 0 Å². The molecule has 1 saturated heterocycles. The van der Waals surface area contributed by atoms with E-state index in [1.165, 1.54) is 0 Å². The lowest BCUT2D eigenvalue weighted by Gasteiger charge is -2.23. The predicted molar refractivity (Wildman–Crippen MR) is 73.2 cm³/mol. The monoisotopic (exact) mass is 266 g/mol. The summed E-state index contributed by atoms with van der Waals surface area (Å²) in [6.45, 7) is 6.01. The molecule has 1 aliphatic rings. The molecule has 0 N–H and O–H groups in total. The van der Waals surface area contributed by atoms with Crippen LogP contribution in [-0.2, 0) is 14.1 Å². The molecule has 0 aliphatic carbocycles.